The van der Waals surface area contributed by atoms with Gasteiger partial charge < -0.3 is 18.9 Å². The first-order valence-corrected chi connectivity index (χ1v) is 9.52. The minimum absolute atomic E-state index is 0.0166. The van der Waals surface area contributed by atoms with Crippen molar-refractivity contribution in [3.05, 3.63) is 53.6 Å². The van der Waals surface area contributed by atoms with Gasteiger partial charge in [-0.3, -0.25) is 11.1 Å². The van der Waals surface area contributed by atoms with Crippen LogP contribution in [-0.4, -0.2) is 32.1 Å². The van der Waals surface area contributed by atoms with Gasteiger partial charge in [-0.2, -0.15) is 0 Å². The lowest BCUT2D eigenvalue weighted by Gasteiger charge is -2.37. The van der Waals surface area contributed by atoms with E-state index >= 15 is 0 Å². The van der Waals surface area contributed by atoms with Gasteiger partial charge in [-0.25, -0.2) is 4.79 Å². The second-order valence-corrected chi connectivity index (χ2v) is 8.65. The highest BCUT2D eigenvalue weighted by molar-refractivity contribution is 5.79. The number of nitrogens with two attached hydrogens (primary N) is 1. The quantitative estimate of drug-likeness (QED) is 0.768. The Kier molecular flexibility index (Phi) is 4.57. The number of rotatable bonds is 3. The van der Waals surface area contributed by atoms with Gasteiger partial charge in [-0.15, -0.1) is 0 Å². The van der Waals surface area contributed by atoms with Crippen molar-refractivity contribution in [3.8, 4) is 17.2 Å². The summed E-state index contributed by atoms with van der Waals surface area (Å²) in [6, 6.07) is 13.3. The lowest BCUT2D eigenvalue weighted by atomic mass is 9.81. The van der Waals surface area contributed by atoms with E-state index in [-0.39, 0.29) is 12.0 Å². The van der Waals surface area contributed by atoms with Crippen molar-refractivity contribution < 1.29 is 23.7 Å². The maximum absolute atomic E-state index is 12.3. The average Bonchev–Trinajstić information content (AvgIpc) is 3.05. The number of methoxy groups -OCH3 is 1. The normalized spacial score (nSPS) is 25.1. The van der Waals surface area contributed by atoms with Crippen LogP contribution < -0.4 is 20.5 Å². The number of carbonyl (C=O) groups is 1. The van der Waals surface area contributed by atoms with E-state index in [1.807, 2.05) is 42.5 Å². The Morgan fingerprint density at radius 3 is 2.62 bits per heavy atom. The number of fused-ring (bicyclic) bond motifs is 4. The monoisotopic (exact) mass is 398 g/mol. The molecule has 7 nitrogen and oxygen atoms in total. The second kappa shape index (κ2) is 6.73. The van der Waals surface area contributed by atoms with Crippen LogP contribution in [0, 0.1) is 5.41 Å². The van der Waals surface area contributed by atoms with Crippen molar-refractivity contribution in [1.29, 1.82) is 0 Å². The Hall–Kier alpha value is -2.61. The number of benzene rings is 2. The van der Waals surface area contributed by atoms with Gasteiger partial charge in [-0.1, -0.05) is 39.0 Å². The van der Waals surface area contributed by atoms with E-state index in [4.69, 9.17) is 24.7 Å². The average molecular weight is 398 g/mol. The first-order valence-electron chi connectivity index (χ1n) is 9.52. The predicted octanol–water partition coefficient (Wildman–Crippen LogP) is 2.87. The molecular formula is C22H26N2O5. The zero-order chi connectivity index (χ0) is 20.9. The zero-order valence-electron chi connectivity index (χ0n) is 17.1. The van der Waals surface area contributed by atoms with Gasteiger partial charge in [0.15, 0.2) is 0 Å². The second-order valence-electron chi connectivity index (χ2n) is 8.65. The first-order chi connectivity index (χ1) is 13.7. The molecule has 1 fully saturated rings. The minimum atomic E-state index is -1.77. The standard InChI is InChI=1S/C22H26N2O5/c1-20(2,3)12-27-14-9-10-18-16(11-14)21(15-7-5-6-8-17(15)29-18)13-28-22(23,24-21)19(25)26-4/h5-11,24H,12-13,23H2,1-4H3/t21-,22?/m0/s1. The number of nitrogens with one attached hydrogen (secondary N) is 1. The third-order valence-corrected chi connectivity index (χ3v) is 5.05. The van der Waals surface area contributed by atoms with E-state index < -0.39 is 17.4 Å². The fraction of sp³-hybridized carbons (Fsp3) is 0.409. The molecule has 1 saturated heterocycles. The molecular weight excluding hydrogens is 372 g/mol. The fourth-order valence-corrected chi connectivity index (χ4v) is 3.66. The van der Waals surface area contributed by atoms with E-state index in [1.165, 1.54) is 7.11 Å². The molecule has 2 aromatic rings. The topological polar surface area (TPSA) is 92.0 Å². The maximum atomic E-state index is 12.3. The molecule has 4 rings (SSSR count). The van der Waals surface area contributed by atoms with Gasteiger partial charge >= 0.3 is 5.97 Å². The molecule has 3 N–H and O–H groups in total. The molecule has 2 heterocycles. The van der Waals surface area contributed by atoms with Gasteiger partial charge in [0.1, 0.15) is 22.8 Å². The summed E-state index contributed by atoms with van der Waals surface area (Å²) in [6.45, 7) is 7.02. The summed E-state index contributed by atoms with van der Waals surface area (Å²) in [5, 5.41) is 3.19. The lowest BCUT2D eigenvalue weighted by molar-refractivity contribution is -0.165. The van der Waals surface area contributed by atoms with E-state index in [0.29, 0.717) is 23.9 Å². The molecule has 7 heteroatoms. The highest BCUT2D eigenvalue weighted by Crippen LogP contribution is 2.50. The SMILES string of the molecule is COC(=O)C1(N)N[C@@]2(CO1)c1ccccc1Oc1ccc(OCC(C)(C)C)cc12. The van der Waals surface area contributed by atoms with Crippen LogP contribution in [0.25, 0.3) is 0 Å². The summed E-state index contributed by atoms with van der Waals surface area (Å²) in [6.07, 6.45) is 0. The summed E-state index contributed by atoms with van der Waals surface area (Å²) >= 11 is 0. The molecule has 0 aliphatic carbocycles. The smallest absolute Gasteiger partial charge is 0.369 e. The third kappa shape index (κ3) is 3.35. The van der Waals surface area contributed by atoms with Crippen LogP contribution in [0.5, 0.6) is 17.2 Å². The molecule has 154 valence electrons. The van der Waals surface area contributed by atoms with Crippen LogP contribution >= 0.6 is 0 Å². The van der Waals surface area contributed by atoms with Crippen LogP contribution in [-0.2, 0) is 19.8 Å². The molecule has 0 radical (unpaired) electrons. The Morgan fingerprint density at radius 1 is 1.17 bits per heavy atom. The fourth-order valence-electron chi connectivity index (χ4n) is 3.66. The first kappa shape index (κ1) is 19.7. The summed E-state index contributed by atoms with van der Waals surface area (Å²) in [5.41, 5.74) is 6.96. The van der Waals surface area contributed by atoms with Gasteiger partial charge in [0.2, 0.25) is 0 Å². The summed E-state index contributed by atoms with van der Waals surface area (Å²) in [4.78, 5) is 12.3. The Labute approximate surface area is 170 Å². The van der Waals surface area contributed by atoms with Gasteiger partial charge in [0, 0.05) is 11.1 Å². The van der Waals surface area contributed by atoms with E-state index in [1.54, 1.807) is 0 Å². The van der Waals surface area contributed by atoms with Gasteiger partial charge in [0.05, 0.1) is 20.3 Å². The molecule has 1 spiro atoms. The summed E-state index contributed by atoms with van der Waals surface area (Å²) in [5.74, 6) is -0.431. The van der Waals surface area contributed by atoms with E-state index in [2.05, 4.69) is 26.1 Å². The van der Waals surface area contributed by atoms with Crippen LogP contribution in [0.2, 0.25) is 0 Å². The molecule has 2 aliphatic heterocycles. The molecule has 0 saturated carbocycles. The predicted molar refractivity (Wildman–Crippen MR) is 107 cm³/mol. The summed E-state index contributed by atoms with van der Waals surface area (Å²) < 4.78 is 22.7. The Morgan fingerprint density at radius 2 is 1.90 bits per heavy atom. The van der Waals surface area contributed by atoms with Crippen molar-refractivity contribution in [2.75, 3.05) is 20.3 Å². The zero-order valence-corrected chi connectivity index (χ0v) is 17.1. The van der Waals surface area contributed by atoms with Crippen molar-refractivity contribution >= 4 is 5.97 Å². The minimum Gasteiger partial charge on any atom is -0.493 e. The molecule has 1 unspecified atom stereocenters. The molecule has 2 atom stereocenters. The molecule has 29 heavy (non-hydrogen) atoms. The molecule has 2 aliphatic rings. The molecule has 0 aromatic heterocycles. The van der Waals surface area contributed by atoms with Crippen LogP contribution in [0.4, 0.5) is 0 Å². The number of hydrogen-bond donors (Lipinski definition) is 2. The lowest BCUT2D eigenvalue weighted by Crippen LogP contribution is -2.61. The number of para-hydroxylation sites is 1. The van der Waals surface area contributed by atoms with Crippen LogP contribution in [0.3, 0.4) is 0 Å². The van der Waals surface area contributed by atoms with Crippen molar-refractivity contribution in [2.24, 2.45) is 11.1 Å². The Balaban J connectivity index is 1.80. The van der Waals surface area contributed by atoms with Gasteiger partial charge in [0.25, 0.3) is 5.85 Å². The van der Waals surface area contributed by atoms with E-state index in [9.17, 15) is 4.79 Å². The maximum Gasteiger partial charge on any atom is 0.369 e. The number of esters is 1. The third-order valence-electron chi connectivity index (χ3n) is 5.05. The van der Waals surface area contributed by atoms with Crippen molar-refractivity contribution in [3.63, 3.8) is 0 Å². The molecule has 0 amide bonds. The van der Waals surface area contributed by atoms with Gasteiger partial charge in [-0.05, 0) is 29.7 Å². The number of hydrogen-bond acceptors (Lipinski definition) is 7. The van der Waals surface area contributed by atoms with Crippen LogP contribution in [0.15, 0.2) is 42.5 Å². The highest BCUT2D eigenvalue weighted by Gasteiger charge is 2.57. The Bertz CT molecular complexity index is 954. The van der Waals surface area contributed by atoms with E-state index in [0.717, 1.165) is 11.1 Å². The molecule has 2 aromatic carbocycles. The highest BCUT2D eigenvalue weighted by atomic mass is 16.6. The van der Waals surface area contributed by atoms with Crippen LogP contribution in [0.1, 0.15) is 31.9 Å². The molecule has 0 bridgehead atoms. The number of carbonyl (C=O) groups excluding carboxylic acids is 1. The van der Waals surface area contributed by atoms with Crippen molar-refractivity contribution in [2.45, 2.75) is 32.2 Å². The summed E-state index contributed by atoms with van der Waals surface area (Å²) in [7, 11) is 1.28. The largest absolute Gasteiger partial charge is 0.493 e. The van der Waals surface area contributed by atoms with Crippen molar-refractivity contribution in [1.82, 2.24) is 5.32 Å². The number of ether oxygens (including phenoxy) is 4.